The quantitative estimate of drug-likeness (QED) is 0.822. The van der Waals surface area contributed by atoms with Gasteiger partial charge in [0.15, 0.2) is 0 Å². The summed E-state index contributed by atoms with van der Waals surface area (Å²) < 4.78 is 5.40. The Balaban J connectivity index is 2.08. The minimum Gasteiger partial charge on any atom is -0.494 e. The fourth-order valence-corrected chi connectivity index (χ4v) is 1.78. The van der Waals surface area contributed by atoms with E-state index < -0.39 is 0 Å². The molecule has 1 aromatic heterocycles. The molecule has 0 fully saturated rings. The van der Waals surface area contributed by atoms with Crippen molar-refractivity contribution in [2.24, 2.45) is 0 Å². The number of H-pyrrole nitrogens is 1. The molecule has 1 heterocycles. The number of hydrogen-bond acceptors (Lipinski definition) is 3. The third kappa shape index (κ3) is 3.11. The Morgan fingerprint density at radius 3 is 2.72 bits per heavy atom. The Hall–Kier alpha value is -1.81. The highest BCUT2D eigenvalue weighted by molar-refractivity contribution is 5.59. The van der Waals surface area contributed by atoms with Crippen molar-refractivity contribution in [3.05, 3.63) is 36.3 Å². The van der Waals surface area contributed by atoms with Crippen molar-refractivity contribution in [3.63, 3.8) is 0 Å². The molecule has 0 saturated heterocycles. The molecule has 0 unspecified atom stereocenters. The minimum absolute atomic E-state index is 0.194. The predicted molar refractivity (Wildman–Crippen MR) is 70.6 cm³/mol. The highest BCUT2D eigenvalue weighted by atomic mass is 16.5. The number of aryl methyl sites for hydroxylation is 1. The van der Waals surface area contributed by atoms with E-state index in [-0.39, 0.29) is 6.61 Å². The maximum atomic E-state index is 8.78. The van der Waals surface area contributed by atoms with Crippen LogP contribution in [0.4, 0.5) is 0 Å². The van der Waals surface area contributed by atoms with Gasteiger partial charge in [0.1, 0.15) is 11.6 Å². The zero-order chi connectivity index (χ0) is 12.8. The lowest BCUT2D eigenvalue weighted by Gasteiger charge is -2.03. The molecular formula is C14H18N2O2. The van der Waals surface area contributed by atoms with E-state index >= 15 is 0 Å². The number of nitrogens with zero attached hydrogens (tertiary/aromatic N) is 1. The lowest BCUT2D eigenvalue weighted by molar-refractivity contribution is 0.287. The summed E-state index contributed by atoms with van der Waals surface area (Å²) in [5.41, 5.74) is 2.08. The SMILES string of the molecule is CCOc1ccc(-c2cnc(CCCO)[nH]2)cc1. The second kappa shape index (κ2) is 6.21. The Morgan fingerprint density at radius 2 is 2.06 bits per heavy atom. The van der Waals surface area contributed by atoms with Crippen molar-refractivity contribution >= 4 is 0 Å². The number of ether oxygens (including phenoxy) is 1. The number of nitrogens with one attached hydrogen (secondary N) is 1. The van der Waals surface area contributed by atoms with Gasteiger partial charge in [-0.2, -0.15) is 0 Å². The van der Waals surface area contributed by atoms with Gasteiger partial charge in [-0.1, -0.05) is 0 Å². The van der Waals surface area contributed by atoms with E-state index in [0.29, 0.717) is 6.61 Å². The summed E-state index contributed by atoms with van der Waals surface area (Å²) >= 11 is 0. The first kappa shape index (κ1) is 12.6. The normalized spacial score (nSPS) is 10.6. The van der Waals surface area contributed by atoms with Crippen LogP contribution < -0.4 is 4.74 Å². The minimum atomic E-state index is 0.194. The van der Waals surface area contributed by atoms with E-state index in [1.165, 1.54) is 0 Å². The standard InChI is InChI=1S/C14H18N2O2/c1-2-18-12-7-5-11(6-8-12)13-10-15-14(16-13)4-3-9-17/h5-8,10,17H,2-4,9H2,1H3,(H,15,16). The number of aliphatic hydroxyl groups is 1. The fourth-order valence-electron chi connectivity index (χ4n) is 1.78. The largest absolute Gasteiger partial charge is 0.494 e. The van der Waals surface area contributed by atoms with E-state index in [9.17, 15) is 0 Å². The maximum Gasteiger partial charge on any atom is 0.119 e. The molecule has 0 aliphatic rings. The molecule has 18 heavy (non-hydrogen) atoms. The van der Waals surface area contributed by atoms with Crippen LogP contribution in [0.15, 0.2) is 30.5 Å². The number of aromatic nitrogens is 2. The van der Waals surface area contributed by atoms with Crippen molar-refractivity contribution in [1.82, 2.24) is 9.97 Å². The molecule has 2 rings (SSSR count). The Kier molecular flexibility index (Phi) is 4.36. The average molecular weight is 246 g/mol. The molecule has 0 saturated carbocycles. The van der Waals surface area contributed by atoms with Crippen LogP contribution in [0.1, 0.15) is 19.2 Å². The van der Waals surface area contributed by atoms with Gasteiger partial charge in [0.2, 0.25) is 0 Å². The first-order valence-electron chi connectivity index (χ1n) is 6.21. The number of aliphatic hydroxyl groups excluding tert-OH is 1. The molecule has 0 bridgehead atoms. The molecule has 0 aliphatic heterocycles. The van der Waals surface area contributed by atoms with Crippen LogP contribution >= 0.6 is 0 Å². The van der Waals surface area contributed by atoms with Gasteiger partial charge in [-0.3, -0.25) is 0 Å². The van der Waals surface area contributed by atoms with Crippen LogP contribution in [0.3, 0.4) is 0 Å². The summed E-state index contributed by atoms with van der Waals surface area (Å²) in [5, 5.41) is 8.78. The highest BCUT2D eigenvalue weighted by Gasteiger charge is 2.03. The monoisotopic (exact) mass is 246 g/mol. The van der Waals surface area contributed by atoms with Gasteiger partial charge < -0.3 is 14.8 Å². The van der Waals surface area contributed by atoms with Gasteiger partial charge >= 0.3 is 0 Å². The third-order valence-corrected chi connectivity index (χ3v) is 2.68. The van der Waals surface area contributed by atoms with Crippen molar-refractivity contribution in [3.8, 4) is 17.0 Å². The smallest absolute Gasteiger partial charge is 0.119 e. The van der Waals surface area contributed by atoms with Crippen LogP contribution in [0, 0.1) is 0 Å². The van der Waals surface area contributed by atoms with Gasteiger partial charge in [0.25, 0.3) is 0 Å². The van der Waals surface area contributed by atoms with Gasteiger partial charge in [-0.15, -0.1) is 0 Å². The first-order valence-corrected chi connectivity index (χ1v) is 6.21. The molecule has 2 N–H and O–H groups in total. The molecule has 0 aliphatic carbocycles. The summed E-state index contributed by atoms with van der Waals surface area (Å²) in [6, 6.07) is 7.92. The molecular weight excluding hydrogens is 228 g/mol. The van der Waals surface area contributed by atoms with Crippen LogP contribution in [-0.2, 0) is 6.42 Å². The van der Waals surface area contributed by atoms with E-state index in [1.54, 1.807) is 0 Å². The molecule has 0 amide bonds. The first-order chi connectivity index (χ1) is 8.83. The van der Waals surface area contributed by atoms with Crippen molar-refractivity contribution in [1.29, 1.82) is 0 Å². The topological polar surface area (TPSA) is 58.1 Å². The van der Waals surface area contributed by atoms with Gasteiger partial charge in [-0.25, -0.2) is 4.98 Å². The van der Waals surface area contributed by atoms with Crippen molar-refractivity contribution < 1.29 is 9.84 Å². The Morgan fingerprint density at radius 1 is 1.28 bits per heavy atom. The lowest BCUT2D eigenvalue weighted by atomic mass is 10.2. The van der Waals surface area contributed by atoms with Crippen LogP contribution in [0.5, 0.6) is 5.75 Å². The van der Waals surface area contributed by atoms with Crippen molar-refractivity contribution in [2.75, 3.05) is 13.2 Å². The van der Waals surface area contributed by atoms with Crippen LogP contribution in [-0.4, -0.2) is 28.3 Å². The van der Waals surface area contributed by atoms with Gasteiger partial charge in [-0.05, 0) is 43.2 Å². The Labute approximate surface area is 107 Å². The van der Waals surface area contributed by atoms with Crippen molar-refractivity contribution in [2.45, 2.75) is 19.8 Å². The second-order valence-corrected chi connectivity index (χ2v) is 4.03. The van der Waals surface area contributed by atoms with E-state index in [0.717, 1.165) is 35.7 Å². The van der Waals surface area contributed by atoms with Gasteiger partial charge in [0.05, 0.1) is 18.5 Å². The molecule has 0 atom stereocenters. The lowest BCUT2D eigenvalue weighted by Crippen LogP contribution is -1.92. The zero-order valence-electron chi connectivity index (χ0n) is 10.5. The molecule has 0 radical (unpaired) electrons. The molecule has 0 spiro atoms. The molecule has 96 valence electrons. The van der Waals surface area contributed by atoms with Crippen LogP contribution in [0.25, 0.3) is 11.3 Å². The summed E-state index contributed by atoms with van der Waals surface area (Å²) in [6.45, 7) is 2.84. The molecule has 4 nitrogen and oxygen atoms in total. The number of benzene rings is 1. The highest BCUT2D eigenvalue weighted by Crippen LogP contribution is 2.21. The summed E-state index contributed by atoms with van der Waals surface area (Å²) in [5.74, 6) is 1.79. The predicted octanol–water partition coefficient (Wildman–Crippen LogP) is 2.40. The summed E-state index contributed by atoms with van der Waals surface area (Å²) in [4.78, 5) is 7.54. The molecule has 4 heteroatoms. The Bertz CT molecular complexity index is 477. The number of rotatable bonds is 6. The molecule has 1 aromatic carbocycles. The summed E-state index contributed by atoms with van der Waals surface area (Å²) in [6.07, 6.45) is 3.33. The van der Waals surface area contributed by atoms with E-state index in [4.69, 9.17) is 9.84 Å². The fraction of sp³-hybridized carbons (Fsp3) is 0.357. The van der Waals surface area contributed by atoms with E-state index in [2.05, 4.69) is 9.97 Å². The second-order valence-electron chi connectivity index (χ2n) is 4.03. The summed E-state index contributed by atoms with van der Waals surface area (Å²) in [7, 11) is 0. The number of aromatic amines is 1. The number of imidazole rings is 1. The van der Waals surface area contributed by atoms with Gasteiger partial charge in [0, 0.05) is 13.0 Å². The average Bonchev–Trinajstić information content (AvgIpc) is 2.86. The number of hydrogen-bond donors (Lipinski definition) is 2. The van der Waals surface area contributed by atoms with Crippen LogP contribution in [0.2, 0.25) is 0 Å². The maximum absolute atomic E-state index is 8.78. The third-order valence-electron chi connectivity index (χ3n) is 2.68. The molecule has 2 aromatic rings. The van der Waals surface area contributed by atoms with E-state index in [1.807, 2.05) is 37.4 Å². The zero-order valence-corrected chi connectivity index (χ0v) is 10.5.